The van der Waals surface area contributed by atoms with E-state index in [9.17, 15) is 19.2 Å². The minimum absolute atomic E-state index is 0.0161. The molecule has 1 atom stereocenters. The highest BCUT2D eigenvalue weighted by atomic mass is 16.6. The number of likely N-dealkylation sites (N-methyl/N-ethyl adjacent to an activating group) is 3. The van der Waals surface area contributed by atoms with Crippen molar-refractivity contribution in [1.82, 2.24) is 19.6 Å². The Bertz CT molecular complexity index is 1400. The molecule has 2 aromatic rings. The van der Waals surface area contributed by atoms with E-state index in [1.807, 2.05) is 51.1 Å². The highest BCUT2D eigenvalue weighted by Gasteiger charge is 2.38. The van der Waals surface area contributed by atoms with Crippen LogP contribution in [-0.2, 0) is 30.3 Å². The van der Waals surface area contributed by atoms with E-state index < -0.39 is 11.6 Å². The van der Waals surface area contributed by atoms with Gasteiger partial charge >= 0.3 is 6.09 Å². The van der Waals surface area contributed by atoms with Gasteiger partial charge in [-0.1, -0.05) is 48.9 Å². The van der Waals surface area contributed by atoms with Crippen molar-refractivity contribution in [1.29, 1.82) is 0 Å². The van der Waals surface area contributed by atoms with Crippen molar-refractivity contribution in [3.63, 3.8) is 0 Å². The first kappa shape index (κ1) is 36.2. The van der Waals surface area contributed by atoms with Gasteiger partial charge in [-0.25, -0.2) is 4.79 Å². The van der Waals surface area contributed by atoms with E-state index in [4.69, 9.17) is 9.47 Å². The van der Waals surface area contributed by atoms with E-state index in [0.29, 0.717) is 52.0 Å². The van der Waals surface area contributed by atoms with Crippen LogP contribution < -0.4 is 0 Å². The van der Waals surface area contributed by atoms with E-state index in [2.05, 4.69) is 12.1 Å². The van der Waals surface area contributed by atoms with Crippen LogP contribution in [0.15, 0.2) is 42.5 Å². The highest BCUT2D eigenvalue weighted by molar-refractivity contribution is 5.88. The van der Waals surface area contributed by atoms with E-state index in [-0.39, 0.29) is 35.8 Å². The third-order valence-electron chi connectivity index (χ3n) is 9.65. The van der Waals surface area contributed by atoms with Crippen LogP contribution in [0, 0.1) is 5.41 Å². The van der Waals surface area contributed by atoms with Gasteiger partial charge in [-0.05, 0) is 81.0 Å². The zero-order valence-electron chi connectivity index (χ0n) is 29.3. The fourth-order valence-corrected chi connectivity index (χ4v) is 6.59. The van der Waals surface area contributed by atoms with Gasteiger partial charge in [0.25, 0.3) is 0 Å². The summed E-state index contributed by atoms with van der Waals surface area (Å²) in [7, 11) is 5.27. The molecule has 0 unspecified atom stereocenters. The lowest BCUT2D eigenvalue weighted by Gasteiger charge is -2.42. The number of hydrogen-bond donors (Lipinski definition) is 0. The number of hydrogen-bond acceptors (Lipinski definition) is 6. The lowest BCUT2D eigenvalue weighted by molar-refractivity contribution is -0.147. The monoisotopic (exact) mass is 650 g/mol. The largest absolute Gasteiger partial charge is 0.444 e. The molecule has 2 aliphatic heterocycles. The molecule has 2 saturated heterocycles. The second-order valence-electron chi connectivity index (χ2n) is 14.5. The minimum Gasteiger partial charge on any atom is -0.444 e. The predicted octanol–water partition coefficient (Wildman–Crippen LogP) is 5.12. The Balaban J connectivity index is 1.32. The van der Waals surface area contributed by atoms with Gasteiger partial charge in [0.2, 0.25) is 17.7 Å². The topological polar surface area (TPSA) is 99.7 Å². The number of benzene rings is 2. The number of rotatable bonds is 6. The fourth-order valence-electron chi connectivity index (χ4n) is 6.59. The lowest BCUT2D eigenvalue weighted by Crippen LogP contribution is -2.50. The molecule has 0 aliphatic carbocycles. The molecule has 10 nitrogen and oxygen atoms in total. The third-order valence-corrected chi connectivity index (χ3v) is 9.65. The molecule has 2 aliphatic rings. The maximum absolute atomic E-state index is 13.6. The van der Waals surface area contributed by atoms with Crippen molar-refractivity contribution in [2.45, 2.75) is 83.8 Å². The first-order valence-corrected chi connectivity index (χ1v) is 17.0. The molecular weight excluding hydrogens is 596 g/mol. The Kier molecular flexibility index (Phi) is 12.3. The average Bonchev–Trinajstić information content (AvgIpc) is 3.03. The first-order chi connectivity index (χ1) is 22.3. The molecule has 1 spiro atoms. The minimum atomic E-state index is -0.633. The van der Waals surface area contributed by atoms with Gasteiger partial charge in [0.1, 0.15) is 18.2 Å². The van der Waals surface area contributed by atoms with Crippen molar-refractivity contribution < 1.29 is 28.7 Å². The number of ether oxygens (including phenoxy) is 2. The molecule has 0 saturated carbocycles. The summed E-state index contributed by atoms with van der Waals surface area (Å²) in [6, 6.07) is 13.5. The van der Waals surface area contributed by atoms with Gasteiger partial charge in [-0.3, -0.25) is 14.4 Å². The molecule has 0 N–H and O–H groups in total. The van der Waals surface area contributed by atoms with E-state index in [1.165, 1.54) is 4.90 Å². The number of carbonyl (C=O) groups excluding carboxylic acids is 4. The van der Waals surface area contributed by atoms with Crippen molar-refractivity contribution in [3.05, 3.63) is 48.0 Å². The Labute approximate surface area is 280 Å². The molecule has 4 amide bonds. The highest BCUT2D eigenvalue weighted by Crippen LogP contribution is 2.37. The van der Waals surface area contributed by atoms with Gasteiger partial charge in [0, 0.05) is 47.3 Å². The number of fused-ring (bicyclic) bond motifs is 1. The van der Waals surface area contributed by atoms with Crippen molar-refractivity contribution in [3.8, 4) is 0 Å². The predicted molar refractivity (Wildman–Crippen MR) is 183 cm³/mol. The second kappa shape index (κ2) is 16.0. The summed E-state index contributed by atoms with van der Waals surface area (Å²) >= 11 is 0. The third kappa shape index (κ3) is 10.2. The van der Waals surface area contributed by atoms with E-state index in [1.54, 1.807) is 35.8 Å². The molecule has 2 fully saturated rings. The van der Waals surface area contributed by atoms with Crippen molar-refractivity contribution in [2.24, 2.45) is 5.41 Å². The van der Waals surface area contributed by atoms with Crippen LogP contribution in [-0.4, -0.2) is 116 Å². The summed E-state index contributed by atoms with van der Waals surface area (Å²) in [6.07, 6.45) is 5.28. The van der Waals surface area contributed by atoms with Crippen molar-refractivity contribution in [2.75, 3.05) is 60.5 Å². The lowest BCUT2D eigenvalue weighted by atomic mass is 9.75. The van der Waals surface area contributed by atoms with Gasteiger partial charge in [-0.2, -0.15) is 0 Å². The Morgan fingerprint density at radius 3 is 2.38 bits per heavy atom. The molecule has 0 aromatic heterocycles. The van der Waals surface area contributed by atoms with Crippen molar-refractivity contribution >= 4 is 34.6 Å². The number of amides is 4. The van der Waals surface area contributed by atoms with Gasteiger partial charge in [0.15, 0.2) is 0 Å². The molecular formula is C37H54N4O6. The van der Waals surface area contributed by atoms with Crippen LogP contribution in [0.25, 0.3) is 10.8 Å². The summed E-state index contributed by atoms with van der Waals surface area (Å²) in [6.45, 7) is 8.20. The Morgan fingerprint density at radius 2 is 1.68 bits per heavy atom. The van der Waals surface area contributed by atoms with Gasteiger partial charge in [-0.15, -0.1) is 0 Å². The molecule has 47 heavy (non-hydrogen) atoms. The van der Waals surface area contributed by atoms with Crippen LogP contribution in [0.4, 0.5) is 4.79 Å². The summed E-state index contributed by atoms with van der Waals surface area (Å²) in [4.78, 5) is 59.3. The first-order valence-electron chi connectivity index (χ1n) is 17.0. The average molecular weight is 651 g/mol. The van der Waals surface area contributed by atoms with E-state index >= 15 is 0 Å². The zero-order valence-corrected chi connectivity index (χ0v) is 29.3. The smallest absolute Gasteiger partial charge is 0.410 e. The maximum Gasteiger partial charge on any atom is 0.410 e. The van der Waals surface area contributed by atoms with Crippen LogP contribution >= 0.6 is 0 Å². The summed E-state index contributed by atoms with van der Waals surface area (Å²) < 4.78 is 11.6. The molecule has 2 aromatic carbocycles. The maximum atomic E-state index is 13.6. The second-order valence-corrected chi connectivity index (χ2v) is 14.5. The molecule has 258 valence electrons. The number of piperidine rings is 1. The zero-order chi connectivity index (χ0) is 34.2. The van der Waals surface area contributed by atoms with Gasteiger partial charge < -0.3 is 29.1 Å². The summed E-state index contributed by atoms with van der Waals surface area (Å²) in [5.74, 6) is -0.314. The van der Waals surface area contributed by atoms with Crippen LogP contribution in [0.1, 0.15) is 71.3 Å². The van der Waals surface area contributed by atoms with Crippen LogP contribution in [0.3, 0.4) is 0 Å². The Morgan fingerprint density at radius 1 is 0.979 bits per heavy atom. The SMILES string of the molecule is CN(CCC[C@H]1C(=O)N(C)CCCCC2(CCN(C(=O)OC(C)(C)C)CC2)COCC(=O)N1C)C(=O)Cc1ccc2ccccc2c1. The van der Waals surface area contributed by atoms with E-state index in [0.717, 1.165) is 48.4 Å². The molecule has 10 heteroatoms. The molecule has 0 radical (unpaired) electrons. The molecule has 2 heterocycles. The van der Waals surface area contributed by atoms with Crippen LogP contribution in [0.5, 0.6) is 0 Å². The molecule has 0 bridgehead atoms. The Hall–Kier alpha value is -3.66. The summed E-state index contributed by atoms with van der Waals surface area (Å²) in [5.41, 5.74) is 0.297. The van der Waals surface area contributed by atoms with Gasteiger partial charge in [0.05, 0.1) is 13.0 Å². The summed E-state index contributed by atoms with van der Waals surface area (Å²) in [5, 5.41) is 2.25. The standard InChI is InChI=1S/C37H54N4O6/c1-36(2,3)47-35(45)41-22-18-37(19-23-41)17-9-10-20-39(5)34(44)31(40(6)33(43)26-46-27-37)14-11-21-38(4)32(42)25-28-15-16-29-12-7-8-13-30(29)24-28/h7-8,12-13,15-16,24,31H,9-11,14,17-23,25-27H2,1-6H3/t31-/m0/s1. The quantitative estimate of drug-likeness (QED) is 0.430. The number of likely N-dealkylation sites (tertiary alicyclic amines) is 1. The fraction of sp³-hybridized carbons (Fsp3) is 0.622. The number of nitrogens with zero attached hydrogens (tertiary/aromatic N) is 4. The van der Waals surface area contributed by atoms with Crippen LogP contribution in [0.2, 0.25) is 0 Å². The normalized spacial score (nSPS) is 20.0. The molecule has 4 rings (SSSR count). The number of carbonyl (C=O) groups is 4.